The summed E-state index contributed by atoms with van der Waals surface area (Å²) in [7, 11) is 0. The molecular formula is C12H13N3O2. The highest BCUT2D eigenvalue weighted by Gasteiger charge is 2.21. The average Bonchev–Trinajstić information content (AvgIpc) is 2.99. The molecule has 3 heterocycles. The monoisotopic (exact) mass is 231 g/mol. The van der Waals surface area contributed by atoms with Crippen LogP contribution < -0.4 is 5.32 Å². The fourth-order valence-electron chi connectivity index (χ4n) is 2.15. The number of carbonyl (C=O) groups is 1. The van der Waals surface area contributed by atoms with E-state index in [9.17, 15) is 4.79 Å². The summed E-state index contributed by atoms with van der Waals surface area (Å²) in [6, 6.07) is 5.54. The molecule has 5 nitrogen and oxygen atoms in total. The number of carbonyl (C=O) groups excluding carboxylic acids is 1. The van der Waals surface area contributed by atoms with E-state index in [1.54, 1.807) is 18.3 Å². The summed E-state index contributed by atoms with van der Waals surface area (Å²) in [5, 5.41) is 7.18. The lowest BCUT2D eigenvalue weighted by atomic mass is 10.0. The van der Waals surface area contributed by atoms with E-state index in [1.807, 2.05) is 10.7 Å². The Bertz CT molecular complexity index is 516. The van der Waals surface area contributed by atoms with Crippen LogP contribution in [0.2, 0.25) is 0 Å². The molecule has 1 atom stereocenters. The van der Waals surface area contributed by atoms with Gasteiger partial charge in [-0.05, 0) is 24.6 Å². The molecule has 1 amide bonds. The summed E-state index contributed by atoms with van der Waals surface area (Å²) >= 11 is 0. The lowest BCUT2D eigenvalue weighted by molar-refractivity contribution is 0.0902. The predicted octanol–water partition coefficient (Wildman–Crippen LogP) is 1.22. The van der Waals surface area contributed by atoms with E-state index in [0.29, 0.717) is 5.76 Å². The number of aromatic nitrogens is 2. The fourth-order valence-corrected chi connectivity index (χ4v) is 2.15. The average molecular weight is 231 g/mol. The Morgan fingerprint density at radius 3 is 3.29 bits per heavy atom. The van der Waals surface area contributed by atoms with E-state index in [4.69, 9.17) is 4.42 Å². The molecule has 0 radical (unpaired) electrons. The zero-order valence-corrected chi connectivity index (χ0v) is 9.30. The number of rotatable bonds is 2. The third-order valence-electron chi connectivity index (χ3n) is 3.03. The van der Waals surface area contributed by atoms with Crippen LogP contribution in [0.15, 0.2) is 35.1 Å². The second kappa shape index (κ2) is 4.08. The van der Waals surface area contributed by atoms with Gasteiger partial charge in [0, 0.05) is 30.9 Å². The van der Waals surface area contributed by atoms with Crippen LogP contribution in [0.25, 0.3) is 0 Å². The molecule has 0 aromatic carbocycles. The lowest BCUT2D eigenvalue weighted by Gasteiger charge is -2.23. The van der Waals surface area contributed by atoms with Gasteiger partial charge < -0.3 is 9.73 Å². The molecule has 0 spiro atoms. The number of furan rings is 1. The maximum Gasteiger partial charge on any atom is 0.287 e. The predicted molar refractivity (Wildman–Crippen MR) is 60.5 cm³/mol. The molecule has 88 valence electrons. The van der Waals surface area contributed by atoms with Crippen molar-refractivity contribution in [2.24, 2.45) is 0 Å². The zero-order chi connectivity index (χ0) is 11.7. The largest absolute Gasteiger partial charge is 0.459 e. The molecule has 1 aliphatic heterocycles. The van der Waals surface area contributed by atoms with Crippen LogP contribution in [0.5, 0.6) is 0 Å². The maximum atomic E-state index is 11.8. The van der Waals surface area contributed by atoms with Gasteiger partial charge in [-0.15, -0.1) is 0 Å². The smallest absolute Gasteiger partial charge is 0.287 e. The van der Waals surface area contributed by atoms with Gasteiger partial charge in [0.25, 0.3) is 5.91 Å². The van der Waals surface area contributed by atoms with Crippen molar-refractivity contribution in [2.45, 2.75) is 25.4 Å². The minimum atomic E-state index is -0.145. The molecule has 1 N–H and O–H groups in total. The van der Waals surface area contributed by atoms with Crippen LogP contribution in [0.1, 0.15) is 22.7 Å². The Kier molecular flexibility index (Phi) is 2.44. The molecule has 0 unspecified atom stereocenters. The van der Waals surface area contributed by atoms with E-state index in [1.165, 1.54) is 12.0 Å². The maximum absolute atomic E-state index is 11.8. The van der Waals surface area contributed by atoms with Crippen molar-refractivity contribution in [1.29, 1.82) is 0 Å². The Hall–Kier alpha value is -2.04. The van der Waals surface area contributed by atoms with Gasteiger partial charge in [0.2, 0.25) is 0 Å². The van der Waals surface area contributed by atoms with Crippen molar-refractivity contribution in [1.82, 2.24) is 15.1 Å². The Labute approximate surface area is 98.4 Å². The van der Waals surface area contributed by atoms with Crippen molar-refractivity contribution in [3.05, 3.63) is 42.1 Å². The highest BCUT2D eigenvalue weighted by Crippen LogP contribution is 2.14. The van der Waals surface area contributed by atoms with E-state index in [2.05, 4.69) is 10.4 Å². The Morgan fingerprint density at radius 1 is 1.53 bits per heavy atom. The van der Waals surface area contributed by atoms with E-state index < -0.39 is 0 Å². The Balaban J connectivity index is 1.66. The molecule has 0 bridgehead atoms. The second-order valence-electron chi connectivity index (χ2n) is 4.19. The number of hydrogen-bond donors (Lipinski definition) is 1. The Morgan fingerprint density at radius 2 is 2.47 bits per heavy atom. The first-order chi connectivity index (χ1) is 8.33. The summed E-state index contributed by atoms with van der Waals surface area (Å²) in [5.41, 5.74) is 1.17. The topological polar surface area (TPSA) is 60.1 Å². The highest BCUT2D eigenvalue weighted by atomic mass is 16.3. The third kappa shape index (κ3) is 1.95. The third-order valence-corrected chi connectivity index (χ3v) is 3.03. The molecule has 0 aliphatic carbocycles. The number of nitrogens with one attached hydrogen (secondary N) is 1. The first kappa shape index (κ1) is 10.1. The van der Waals surface area contributed by atoms with E-state index >= 15 is 0 Å². The van der Waals surface area contributed by atoms with Gasteiger partial charge in [-0.25, -0.2) is 0 Å². The zero-order valence-electron chi connectivity index (χ0n) is 9.30. The first-order valence-electron chi connectivity index (χ1n) is 5.68. The summed E-state index contributed by atoms with van der Waals surface area (Å²) in [6.07, 6.45) is 5.03. The van der Waals surface area contributed by atoms with Crippen LogP contribution in [0.4, 0.5) is 0 Å². The minimum Gasteiger partial charge on any atom is -0.459 e. The number of nitrogens with zero attached hydrogens (tertiary/aromatic N) is 2. The van der Waals surface area contributed by atoms with Gasteiger partial charge >= 0.3 is 0 Å². The van der Waals surface area contributed by atoms with Crippen molar-refractivity contribution in [3.8, 4) is 0 Å². The van der Waals surface area contributed by atoms with Gasteiger partial charge in [-0.3, -0.25) is 9.48 Å². The van der Waals surface area contributed by atoms with Crippen LogP contribution >= 0.6 is 0 Å². The summed E-state index contributed by atoms with van der Waals surface area (Å²) in [6.45, 7) is 0.853. The molecule has 3 rings (SSSR count). The van der Waals surface area contributed by atoms with Crippen LogP contribution in [0.3, 0.4) is 0 Å². The molecule has 0 saturated carbocycles. The summed E-state index contributed by atoms with van der Waals surface area (Å²) in [5.74, 6) is 0.219. The van der Waals surface area contributed by atoms with Gasteiger partial charge in [0.05, 0.1) is 6.26 Å². The number of fused-ring (bicyclic) bond motifs is 1. The molecule has 0 saturated heterocycles. The number of aryl methyl sites for hydroxylation is 1. The molecule has 5 heteroatoms. The summed E-state index contributed by atoms with van der Waals surface area (Å²) < 4.78 is 7.04. The molecule has 0 fully saturated rings. The van der Waals surface area contributed by atoms with Gasteiger partial charge in [0.15, 0.2) is 5.76 Å². The summed E-state index contributed by atoms with van der Waals surface area (Å²) in [4.78, 5) is 11.8. The van der Waals surface area contributed by atoms with Crippen molar-refractivity contribution in [2.75, 3.05) is 0 Å². The van der Waals surface area contributed by atoms with Gasteiger partial charge in [-0.1, -0.05) is 0 Å². The van der Waals surface area contributed by atoms with Crippen molar-refractivity contribution >= 4 is 5.91 Å². The fraction of sp³-hybridized carbons (Fsp3) is 0.333. The first-order valence-corrected chi connectivity index (χ1v) is 5.68. The van der Waals surface area contributed by atoms with Crippen LogP contribution in [-0.4, -0.2) is 21.7 Å². The molecule has 1 aliphatic rings. The molecule has 2 aromatic rings. The SMILES string of the molecule is O=C(N[C@@H]1CCn2nccc2C1)c1ccco1. The van der Waals surface area contributed by atoms with Gasteiger partial charge in [0.1, 0.15) is 0 Å². The number of hydrogen-bond acceptors (Lipinski definition) is 3. The van der Waals surface area contributed by atoms with Crippen LogP contribution in [-0.2, 0) is 13.0 Å². The lowest BCUT2D eigenvalue weighted by Crippen LogP contribution is -2.40. The van der Waals surface area contributed by atoms with Crippen molar-refractivity contribution in [3.63, 3.8) is 0 Å². The van der Waals surface area contributed by atoms with Gasteiger partial charge in [-0.2, -0.15) is 5.10 Å². The molecule has 17 heavy (non-hydrogen) atoms. The number of amides is 1. The second-order valence-corrected chi connectivity index (χ2v) is 4.19. The van der Waals surface area contributed by atoms with Crippen LogP contribution in [0, 0.1) is 0 Å². The van der Waals surface area contributed by atoms with E-state index in [0.717, 1.165) is 19.4 Å². The standard InChI is InChI=1S/C12H13N3O2/c16-12(11-2-1-7-17-11)14-9-4-6-15-10(8-9)3-5-13-15/h1-3,5,7,9H,4,6,8H2,(H,14,16)/t9-/m1/s1. The highest BCUT2D eigenvalue weighted by molar-refractivity contribution is 5.91. The molecule has 2 aromatic heterocycles. The van der Waals surface area contributed by atoms with Crippen molar-refractivity contribution < 1.29 is 9.21 Å². The van der Waals surface area contributed by atoms with E-state index in [-0.39, 0.29) is 11.9 Å². The quantitative estimate of drug-likeness (QED) is 0.845. The normalized spacial score (nSPS) is 18.7. The minimum absolute atomic E-state index is 0.145. The molecular weight excluding hydrogens is 218 g/mol.